The van der Waals surface area contributed by atoms with Crippen LogP contribution in [0.4, 0.5) is 0 Å². The van der Waals surface area contributed by atoms with Crippen LogP contribution in [0.15, 0.2) is 104 Å². The van der Waals surface area contributed by atoms with E-state index in [0.717, 1.165) is 87.8 Å². The third-order valence-electron chi connectivity index (χ3n) is 10.8. The van der Waals surface area contributed by atoms with E-state index in [9.17, 15) is 14.4 Å². The van der Waals surface area contributed by atoms with Gasteiger partial charge in [-0.2, -0.15) is 0 Å². The number of carbonyl (C=O) groups excluding carboxylic acids is 3. The number of pyridine rings is 3. The maximum Gasteiger partial charge on any atom is 0.262 e. The Morgan fingerprint density at radius 1 is 0.750 bits per heavy atom. The van der Waals surface area contributed by atoms with Gasteiger partial charge < -0.3 is 24.5 Å². The van der Waals surface area contributed by atoms with Crippen LogP contribution in [0, 0.1) is 0 Å². The Hall–Kier alpha value is -6.56. The summed E-state index contributed by atoms with van der Waals surface area (Å²) in [5.74, 6) is 0.579. The van der Waals surface area contributed by atoms with E-state index in [2.05, 4.69) is 50.0 Å². The Morgan fingerprint density at radius 2 is 1.59 bits per heavy atom. The number of aryl methyl sites for hydroxylation is 1. The number of rotatable bonds is 13. The minimum absolute atomic E-state index is 0.0584. The zero-order valence-electron chi connectivity index (χ0n) is 30.7. The molecule has 3 aliphatic rings. The fraction of sp³-hybridized carbons (Fsp3) is 0.273. The number of benzene rings is 2. The highest BCUT2D eigenvalue weighted by atomic mass is 16.5. The molecule has 4 aromatic heterocycles. The average molecular weight is 749 g/mol. The van der Waals surface area contributed by atoms with E-state index in [-0.39, 0.29) is 23.7 Å². The highest BCUT2D eigenvalue weighted by Gasteiger charge is 2.44. The summed E-state index contributed by atoms with van der Waals surface area (Å²) < 4.78 is 18.2. The monoisotopic (exact) mass is 748 g/mol. The van der Waals surface area contributed by atoms with Crippen molar-refractivity contribution in [1.29, 1.82) is 0 Å². The molecule has 1 aliphatic carbocycles. The van der Waals surface area contributed by atoms with Crippen molar-refractivity contribution < 1.29 is 28.6 Å². The minimum Gasteiger partial charge on any atom is -0.494 e. The summed E-state index contributed by atoms with van der Waals surface area (Å²) in [4.78, 5) is 56.5. The van der Waals surface area contributed by atoms with Crippen molar-refractivity contribution in [3.63, 3.8) is 0 Å². The number of allylic oxidation sites excluding steroid dienone is 1. The van der Waals surface area contributed by atoms with Crippen LogP contribution in [0.5, 0.6) is 17.4 Å². The molecule has 56 heavy (non-hydrogen) atoms. The molecule has 12 heteroatoms. The van der Waals surface area contributed by atoms with Crippen molar-refractivity contribution in [2.75, 3.05) is 6.61 Å². The quantitative estimate of drug-likeness (QED) is 0.0914. The molecule has 2 aliphatic heterocycles. The molecule has 0 spiro atoms. The van der Waals surface area contributed by atoms with E-state index in [4.69, 9.17) is 14.2 Å². The number of fused-ring (bicyclic) bond motifs is 4. The standard InChI is InChI=1S/C44H40N6O6/c1-26-6-14-40(42(51)48-26)50-43(52)35-13-11-30(22-36(35)44(50)53)54-18-4-2-3-5-29-9-10-31(24-46-29)55-32-20-33(21-32)56-41-15-8-28(23-47-41)27-7-12-34-37-25-45-17-16-38(37)49-39(34)19-27/h7-13,15-17,19,22-25,32-33,40,49H,1-6,14,18,20-21H2,(H,48,51). The Morgan fingerprint density at radius 3 is 2.41 bits per heavy atom. The summed E-state index contributed by atoms with van der Waals surface area (Å²) in [5, 5.41) is 4.92. The lowest BCUT2D eigenvalue weighted by Crippen LogP contribution is -2.51. The molecule has 0 radical (unpaired) electrons. The van der Waals surface area contributed by atoms with Crippen molar-refractivity contribution in [2.24, 2.45) is 0 Å². The number of H-pyrrole nitrogens is 1. The van der Waals surface area contributed by atoms with Crippen LogP contribution >= 0.6 is 0 Å². The summed E-state index contributed by atoms with van der Waals surface area (Å²) in [6.45, 7) is 4.25. The molecule has 2 N–H and O–H groups in total. The predicted octanol–water partition coefficient (Wildman–Crippen LogP) is 7.34. The third-order valence-corrected chi connectivity index (χ3v) is 10.8. The number of nitrogens with zero attached hydrogens (tertiary/aromatic N) is 4. The maximum atomic E-state index is 13.1. The van der Waals surface area contributed by atoms with Crippen LogP contribution < -0.4 is 19.5 Å². The van der Waals surface area contributed by atoms with Crippen molar-refractivity contribution >= 4 is 39.5 Å². The van der Waals surface area contributed by atoms with E-state index in [1.54, 1.807) is 30.6 Å². The maximum absolute atomic E-state index is 13.1. The average Bonchev–Trinajstić information content (AvgIpc) is 3.69. The molecule has 1 saturated heterocycles. The molecule has 282 valence electrons. The smallest absolute Gasteiger partial charge is 0.262 e. The second-order valence-electron chi connectivity index (χ2n) is 14.6. The summed E-state index contributed by atoms with van der Waals surface area (Å²) in [6.07, 6.45) is 13.5. The van der Waals surface area contributed by atoms with Crippen molar-refractivity contribution in [2.45, 2.75) is 69.6 Å². The van der Waals surface area contributed by atoms with Crippen LogP contribution in [0.1, 0.15) is 71.4 Å². The number of aromatic nitrogens is 4. The number of piperidine rings is 1. The number of hydrogen-bond acceptors (Lipinski definition) is 9. The van der Waals surface area contributed by atoms with Gasteiger partial charge in [0.15, 0.2) is 0 Å². The number of carbonyl (C=O) groups is 3. The summed E-state index contributed by atoms with van der Waals surface area (Å²) >= 11 is 0. The lowest BCUT2D eigenvalue weighted by molar-refractivity contribution is -0.125. The SMILES string of the molecule is C=C1CCC(N2C(=O)c3ccc(OCCCCCc4ccc(OC5CC(Oc6ccc(-c7ccc8c(c7)[nH]c7ccncc78)cn6)C5)cn4)cc3C2=O)C(=O)N1. The van der Waals surface area contributed by atoms with Gasteiger partial charge in [-0.25, -0.2) is 4.98 Å². The summed E-state index contributed by atoms with van der Waals surface area (Å²) in [6, 6.07) is 20.4. The Bertz CT molecular complexity index is 2470. The first-order chi connectivity index (χ1) is 27.4. The Balaban J connectivity index is 0.674. The molecule has 0 bridgehead atoms. The second-order valence-corrected chi connectivity index (χ2v) is 14.6. The molecule has 1 atom stereocenters. The molecule has 6 heterocycles. The number of amides is 3. The van der Waals surface area contributed by atoms with Gasteiger partial charge in [0.05, 0.1) is 23.9 Å². The van der Waals surface area contributed by atoms with Crippen LogP contribution in [-0.4, -0.2) is 67.4 Å². The molecule has 1 unspecified atom stereocenters. The second kappa shape index (κ2) is 14.9. The first-order valence-corrected chi connectivity index (χ1v) is 19.1. The molecule has 9 rings (SSSR count). The largest absolute Gasteiger partial charge is 0.494 e. The van der Waals surface area contributed by atoms with Gasteiger partial charge in [0.25, 0.3) is 11.8 Å². The van der Waals surface area contributed by atoms with Crippen LogP contribution in [0.25, 0.3) is 32.9 Å². The molecule has 3 amide bonds. The van der Waals surface area contributed by atoms with Gasteiger partial charge in [-0.3, -0.25) is 29.3 Å². The van der Waals surface area contributed by atoms with Crippen molar-refractivity contribution in [1.82, 2.24) is 30.2 Å². The van der Waals surface area contributed by atoms with Gasteiger partial charge in [-0.1, -0.05) is 18.7 Å². The summed E-state index contributed by atoms with van der Waals surface area (Å²) in [7, 11) is 0. The molecule has 2 aromatic carbocycles. The number of unbranched alkanes of at least 4 members (excludes halogenated alkanes) is 2. The van der Waals surface area contributed by atoms with Crippen molar-refractivity contribution in [3.8, 4) is 28.5 Å². The molecule has 12 nitrogen and oxygen atoms in total. The summed E-state index contributed by atoms with van der Waals surface area (Å²) in [5.41, 5.74) is 6.40. The van der Waals surface area contributed by atoms with Crippen LogP contribution in [0.3, 0.4) is 0 Å². The Labute approximate surface area is 322 Å². The lowest BCUT2D eigenvalue weighted by atomic mass is 9.92. The predicted molar refractivity (Wildman–Crippen MR) is 209 cm³/mol. The fourth-order valence-corrected chi connectivity index (χ4v) is 7.64. The fourth-order valence-electron chi connectivity index (χ4n) is 7.64. The van der Waals surface area contributed by atoms with Crippen molar-refractivity contribution in [3.05, 3.63) is 121 Å². The number of aromatic amines is 1. The van der Waals surface area contributed by atoms with Crippen LogP contribution in [0.2, 0.25) is 0 Å². The Kier molecular flexibility index (Phi) is 9.38. The normalized spacial score (nSPS) is 19.2. The molecule has 2 fully saturated rings. The van der Waals surface area contributed by atoms with E-state index in [1.807, 2.05) is 42.7 Å². The van der Waals surface area contributed by atoms with E-state index < -0.39 is 17.9 Å². The first-order valence-electron chi connectivity index (χ1n) is 19.1. The minimum atomic E-state index is -0.834. The number of imide groups is 1. The highest BCUT2D eigenvalue weighted by Crippen LogP contribution is 2.33. The highest BCUT2D eigenvalue weighted by molar-refractivity contribution is 6.23. The number of nitrogens with one attached hydrogen (secondary N) is 2. The van der Waals surface area contributed by atoms with Gasteiger partial charge in [0.2, 0.25) is 11.8 Å². The topological polar surface area (TPSA) is 149 Å². The molecular weight excluding hydrogens is 709 g/mol. The van der Waals surface area contributed by atoms with Gasteiger partial charge in [0.1, 0.15) is 29.7 Å². The zero-order valence-corrected chi connectivity index (χ0v) is 30.7. The lowest BCUT2D eigenvalue weighted by Gasteiger charge is -2.34. The van der Waals surface area contributed by atoms with Gasteiger partial charge in [-0.15, -0.1) is 0 Å². The number of hydrogen-bond donors (Lipinski definition) is 2. The van der Waals surface area contributed by atoms with E-state index in [1.165, 1.54) is 0 Å². The van der Waals surface area contributed by atoms with E-state index >= 15 is 0 Å². The zero-order chi connectivity index (χ0) is 38.2. The van der Waals surface area contributed by atoms with Gasteiger partial charge in [0, 0.05) is 76.3 Å². The van der Waals surface area contributed by atoms with Gasteiger partial charge >= 0.3 is 0 Å². The first kappa shape index (κ1) is 35.2. The molecular formula is C44H40N6O6. The molecule has 1 saturated carbocycles. The van der Waals surface area contributed by atoms with E-state index in [0.29, 0.717) is 42.3 Å². The third kappa shape index (κ3) is 7.05. The number of ether oxygens (including phenoxy) is 3. The van der Waals surface area contributed by atoms with Gasteiger partial charge in [-0.05, 0) is 92.6 Å². The van der Waals surface area contributed by atoms with Crippen LogP contribution in [-0.2, 0) is 11.2 Å². The molecule has 6 aromatic rings.